The molecule has 1 amide bonds. The number of carbonyl (C=O) groups excluding carboxylic acids is 1. The fourth-order valence-corrected chi connectivity index (χ4v) is 2.77. The van der Waals surface area contributed by atoms with Crippen molar-refractivity contribution < 1.29 is 15.2 Å². The fourth-order valence-electron chi connectivity index (χ4n) is 2.22. The van der Waals surface area contributed by atoms with Crippen molar-refractivity contribution in [2.75, 3.05) is 13.2 Å². The average Bonchev–Trinajstić information content (AvgIpc) is 2.59. The Morgan fingerprint density at radius 3 is 2.46 bits per heavy atom. The lowest BCUT2D eigenvalue weighted by Gasteiger charge is -2.10. The van der Waals surface area contributed by atoms with E-state index in [-0.39, 0.29) is 18.9 Å². The van der Waals surface area contributed by atoms with Crippen molar-refractivity contribution in [2.24, 2.45) is 0 Å². The van der Waals surface area contributed by atoms with E-state index in [0.717, 1.165) is 11.3 Å². The summed E-state index contributed by atoms with van der Waals surface area (Å²) in [5.74, 6) is -0.527. The number of amides is 1. The van der Waals surface area contributed by atoms with Crippen LogP contribution in [0.15, 0.2) is 42.5 Å². The summed E-state index contributed by atoms with van der Waals surface area (Å²) in [6, 6.07) is 12.5. The van der Waals surface area contributed by atoms with Crippen molar-refractivity contribution in [3.8, 4) is 0 Å². The zero-order valence-electron chi connectivity index (χ0n) is 12.9. The van der Waals surface area contributed by atoms with Crippen LogP contribution < -0.4 is 10.6 Å². The number of aliphatic hydroxyl groups is 1. The van der Waals surface area contributed by atoms with E-state index in [4.69, 9.17) is 33.7 Å². The third kappa shape index (κ3) is 4.55. The molecule has 0 bridgehead atoms. The van der Waals surface area contributed by atoms with Gasteiger partial charge >= 0.3 is 0 Å². The van der Waals surface area contributed by atoms with E-state index in [2.05, 4.69) is 5.32 Å². The molecule has 0 radical (unpaired) electrons. The van der Waals surface area contributed by atoms with Gasteiger partial charge in [-0.25, -0.2) is 0 Å². The standard InChI is InChI=1S/C17H17Cl2N3O2/c18-13-5-3-6-14(19)12(13)10-22-15-7-2-1-4-11(15)16(20)17(24)21-8-9-23/h1-7,20,22-23H,8-10H2,(H,21,24)/p+1. The van der Waals surface area contributed by atoms with Gasteiger partial charge < -0.3 is 15.7 Å². The maximum absolute atomic E-state index is 11.9. The van der Waals surface area contributed by atoms with Crippen LogP contribution in [0.5, 0.6) is 0 Å². The summed E-state index contributed by atoms with van der Waals surface area (Å²) >= 11 is 12.3. The van der Waals surface area contributed by atoms with Crippen LogP contribution in [-0.4, -0.2) is 29.9 Å². The summed E-state index contributed by atoms with van der Waals surface area (Å²) in [5.41, 5.74) is 1.90. The molecule has 0 heterocycles. The lowest BCUT2D eigenvalue weighted by atomic mass is 10.1. The number of benzene rings is 2. The van der Waals surface area contributed by atoms with Crippen LogP contribution in [0.25, 0.3) is 0 Å². The Kier molecular flexibility index (Phi) is 6.75. The van der Waals surface area contributed by atoms with Gasteiger partial charge in [-0.1, -0.05) is 41.4 Å². The van der Waals surface area contributed by atoms with E-state index in [1.165, 1.54) is 0 Å². The molecule has 126 valence electrons. The van der Waals surface area contributed by atoms with Crippen LogP contribution in [0.2, 0.25) is 10.0 Å². The molecule has 0 aliphatic heterocycles. The number of halogens is 2. The number of aliphatic hydroxyl groups excluding tert-OH is 1. The van der Waals surface area contributed by atoms with Crippen molar-refractivity contribution in [3.05, 3.63) is 63.6 Å². The molecule has 0 unspecified atom stereocenters. The zero-order chi connectivity index (χ0) is 17.5. The topological polar surface area (TPSA) is 89.8 Å². The third-order valence-corrected chi connectivity index (χ3v) is 4.15. The molecule has 0 spiro atoms. The highest BCUT2D eigenvalue weighted by Crippen LogP contribution is 2.23. The van der Waals surface area contributed by atoms with E-state index in [9.17, 15) is 4.79 Å². The molecular weight excluding hydrogens is 349 g/mol. The number of carbonyl (C=O) groups is 1. The minimum atomic E-state index is -0.527. The van der Waals surface area contributed by atoms with Crippen molar-refractivity contribution in [1.82, 2.24) is 5.32 Å². The molecule has 0 aliphatic rings. The predicted octanol–water partition coefficient (Wildman–Crippen LogP) is 1.86. The molecule has 5 nitrogen and oxygen atoms in total. The molecule has 0 saturated carbocycles. The number of nitrogens with one attached hydrogen (secondary N) is 2. The van der Waals surface area contributed by atoms with Crippen LogP contribution in [0.4, 0.5) is 5.69 Å². The Balaban J connectivity index is 2.17. The van der Waals surface area contributed by atoms with Crippen LogP contribution in [-0.2, 0) is 11.3 Å². The number of quaternary nitrogens is 1. The van der Waals surface area contributed by atoms with Gasteiger partial charge in [0, 0.05) is 12.1 Å². The van der Waals surface area contributed by atoms with Gasteiger partial charge in [0.05, 0.1) is 22.2 Å². The SMILES string of the molecule is N=C(C(=O)NCCO)c1ccccc1[NH2+]Cc1c(Cl)cccc1Cl. The molecule has 0 saturated heterocycles. The number of hydrogen-bond donors (Lipinski definition) is 4. The number of nitrogens with two attached hydrogens (primary N) is 1. The number of para-hydroxylation sites is 1. The van der Waals surface area contributed by atoms with Gasteiger partial charge in [-0.05, 0) is 24.3 Å². The molecule has 2 rings (SSSR count). The lowest BCUT2D eigenvalue weighted by molar-refractivity contribution is -0.588. The van der Waals surface area contributed by atoms with Gasteiger partial charge in [0.25, 0.3) is 5.91 Å². The Bertz CT molecular complexity index is 730. The molecule has 5 N–H and O–H groups in total. The second kappa shape index (κ2) is 8.80. The maximum Gasteiger partial charge on any atom is 0.270 e. The highest BCUT2D eigenvalue weighted by Gasteiger charge is 2.18. The molecule has 0 aromatic heterocycles. The first-order valence-corrected chi connectivity index (χ1v) is 8.13. The summed E-state index contributed by atoms with van der Waals surface area (Å²) in [5, 5.41) is 22.3. The largest absolute Gasteiger partial charge is 0.395 e. The molecule has 2 aromatic carbocycles. The van der Waals surface area contributed by atoms with Crippen molar-refractivity contribution in [1.29, 1.82) is 5.41 Å². The molecule has 24 heavy (non-hydrogen) atoms. The minimum absolute atomic E-state index is 0.113. The quantitative estimate of drug-likeness (QED) is 0.445. The molecular formula is C17H18Cl2N3O2+. The van der Waals surface area contributed by atoms with Crippen LogP contribution >= 0.6 is 23.2 Å². The average molecular weight is 367 g/mol. The van der Waals surface area contributed by atoms with Crippen molar-refractivity contribution in [3.63, 3.8) is 0 Å². The molecule has 0 atom stereocenters. The Morgan fingerprint density at radius 1 is 1.12 bits per heavy atom. The van der Waals surface area contributed by atoms with Crippen LogP contribution in [0.3, 0.4) is 0 Å². The smallest absolute Gasteiger partial charge is 0.270 e. The van der Waals surface area contributed by atoms with Gasteiger partial charge in [0.2, 0.25) is 0 Å². The molecule has 0 aliphatic carbocycles. The van der Waals surface area contributed by atoms with E-state index < -0.39 is 5.91 Å². The van der Waals surface area contributed by atoms with Crippen LogP contribution in [0, 0.1) is 5.41 Å². The van der Waals surface area contributed by atoms with Crippen molar-refractivity contribution >= 4 is 40.5 Å². The monoisotopic (exact) mass is 366 g/mol. The fraction of sp³-hybridized carbons (Fsp3) is 0.176. The van der Waals surface area contributed by atoms with Crippen LogP contribution in [0.1, 0.15) is 11.1 Å². The van der Waals surface area contributed by atoms with Gasteiger partial charge in [0.15, 0.2) is 0 Å². The van der Waals surface area contributed by atoms with Gasteiger partial charge in [-0.2, -0.15) is 0 Å². The summed E-state index contributed by atoms with van der Waals surface area (Å²) in [7, 11) is 0. The van der Waals surface area contributed by atoms with E-state index in [0.29, 0.717) is 22.2 Å². The predicted molar refractivity (Wildman–Crippen MR) is 95.1 cm³/mol. The first-order chi connectivity index (χ1) is 11.5. The van der Waals surface area contributed by atoms with Gasteiger partial charge in [0.1, 0.15) is 17.9 Å². The molecule has 7 heteroatoms. The third-order valence-electron chi connectivity index (χ3n) is 3.44. The first-order valence-electron chi connectivity index (χ1n) is 7.37. The molecule has 0 fully saturated rings. The second-order valence-electron chi connectivity index (χ2n) is 5.05. The highest BCUT2D eigenvalue weighted by atomic mass is 35.5. The van der Waals surface area contributed by atoms with E-state index in [1.54, 1.807) is 30.3 Å². The summed E-state index contributed by atoms with van der Waals surface area (Å²) < 4.78 is 0. The highest BCUT2D eigenvalue weighted by molar-refractivity contribution is 6.44. The second-order valence-corrected chi connectivity index (χ2v) is 5.86. The van der Waals surface area contributed by atoms with E-state index >= 15 is 0 Å². The van der Waals surface area contributed by atoms with E-state index in [1.807, 2.05) is 17.4 Å². The normalized spacial score (nSPS) is 10.5. The number of rotatable bonds is 7. The lowest BCUT2D eigenvalue weighted by Crippen LogP contribution is -2.76. The van der Waals surface area contributed by atoms with Gasteiger partial charge in [-0.3, -0.25) is 10.2 Å². The summed E-state index contributed by atoms with van der Waals surface area (Å²) in [6.45, 7) is 0.432. The Hall–Kier alpha value is -1.92. The summed E-state index contributed by atoms with van der Waals surface area (Å²) in [6.07, 6.45) is 0. The molecule has 2 aromatic rings. The van der Waals surface area contributed by atoms with Crippen molar-refractivity contribution in [2.45, 2.75) is 6.54 Å². The number of hydrogen-bond acceptors (Lipinski definition) is 3. The zero-order valence-corrected chi connectivity index (χ0v) is 14.4. The first kappa shape index (κ1) is 18.4. The Morgan fingerprint density at radius 2 is 1.79 bits per heavy atom. The Labute approximate surface area is 150 Å². The van der Waals surface area contributed by atoms with Gasteiger partial charge in [-0.15, -0.1) is 0 Å². The summed E-state index contributed by atoms with van der Waals surface area (Å²) in [4.78, 5) is 11.9. The minimum Gasteiger partial charge on any atom is -0.395 e. The maximum atomic E-state index is 11.9.